The van der Waals surface area contributed by atoms with Gasteiger partial charge in [0.25, 0.3) is 0 Å². The molecule has 152 valence electrons. The van der Waals surface area contributed by atoms with Crippen LogP contribution in [0.4, 0.5) is 17.1 Å². The fourth-order valence-corrected chi connectivity index (χ4v) is 3.12. The lowest BCUT2D eigenvalue weighted by atomic mass is 10.1. The molecule has 0 aliphatic carbocycles. The van der Waals surface area contributed by atoms with Crippen molar-refractivity contribution >= 4 is 28.9 Å². The summed E-state index contributed by atoms with van der Waals surface area (Å²) in [5, 5.41) is 20.6. The standard InChI is InChI=1S/C21H25N5O3/c1-25-11-13-26(14-12-25)19(21(28)29)15-20(27)22-16-7-9-18(10-8-16)24-23-17-5-3-2-4-6-17/h2-10,19H,11-15H2,1H3,(H,22,27)(H,28,29)/t19-/m0/s1. The second-order valence-electron chi connectivity index (χ2n) is 7.03. The molecule has 1 aliphatic rings. The molecule has 1 aliphatic heterocycles. The zero-order valence-corrected chi connectivity index (χ0v) is 16.4. The predicted molar refractivity (Wildman–Crippen MR) is 111 cm³/mol. The Morgan fingerprint density at radius 3 is 2.14 bits per heavy atom. The van der Waals surface area contributed by atoms with Gasteiger partial charge in [0.15, 0.2) is 0 Å². The first-order chi connectivity index (χ1) is 14.0. The lowest BCUT2D eigenvalue weighted by molar-refractivity contribution is -0.145. The Balaban J connectivity index is 1.55. The number of nitrogens with zero attached hydrogens (tertiary/aromatic N) is 4. The van der Waals surface area contributed by atoms with E-state index in [2.05, 4.69) is 20.4 Å². The minimum atomic E-state index is -0.971. The van der Waals surface area contributed by atoms with Crippen LogP contribution in [0.15, 0.2) is 64.8 Å². The maximum absolute atomic E-state index is 12.4. The van der Waals surface area contributed by atoms with Gasteiger partial charge in [0.2, 0.25) is 5.91 Å². The summed E-state index contributed by atoms with van der Waals surface area (Å²) in [6.45, 7) is 2.87. The quantitative estimate of drug-likeness (QED) is 0.702. The van der Waals surface area contributed by atoms with Crippen LogP contribution in [-0.4, -0.2) is 66.1 Å². The smallest absolute Gasteiger partial charge is 0.321 e. The highest BCUT2D eigenvalue weighted by molar-refractivity contribution is 5.94. The van der Waals surface area contributed by atoms with Crippen molar-refractivity contribution in [1.29, 1.82) is 0 Å². The Morgan fingerprint density at radius 2 is 1.55 bits per heavy atom. The fraction of sp³-hybridized carbons (Fsp3) is 0.333. The Hall–Kier alpha value is -3.10. The lowest BCUT2D eigenvalue weighted by Gasteiger charge is -2.35. The summed E-state index contributed by atoms with van der Waals surface area (Å²) in [4.78, 5) is 28.0. The van der Waals surface area contributed by atoms with Crippen LogP contribution >= 0.6 is 0 Å². The van der Waals surface area contributed by atoms with E-state index in [1.807, 2.05) is 42.3 Å². The number of hydrogen-bond acceptors (Lipinski definition) is 6. The summed E-state index contributed by atoms with van der Waals surface area (Å²) in [5.41, 5.74) is 2.01. The summed E-state index contributed by atoms with van der Waals surface area (Å²) in [7, 11) is 2.00. The van der Waals surface area contributed by atoms with Crippen molar-refractivity contribution in [2.45, 2.75) is 12.5 Å². The second kappa shape index (κ2) is 9.90. The number of anilines is 1. The predicted octanol–water partition coefficient (Wildman–Crippen LogP) is 3.13. The van der Waals surface area contributed by atoms with Crippen LogP contribution in [0.25, 0.3) is 0 Å². The molecule has 8 heteroatoms. The highest BCUT2D eigenvalue weighted by Gasteiger charge is 2.30. The number of azo groups is 1. The number of carboxylic acid groups (broad SMARTS) is 1. The van der Waals surface area contributed by atoms with E-state index in [9.17, 15) is 14.7 Å². The van der Waals surface area contributed by atoms with E-state index in [1.165, 1.54) is 0 Å². The van der Waals surface area contributed by atoms with E-state index in [-0.39, 0.29) is 12.3 Å². The molecule has 0 spiro atoms. The molecule has 2 N–H and O–H groups in total. The first kappa shape index (κ1) is 20.6. The summed E-state index contributed by atoms with van der Waals surface area (Å²) < 4.78 is 0. The van der Waals surface area contributed by atoms with E-state index in [0.717, 1.165) is 18.8 Å². The molecule has 0 saturated carbocycles. The average Bonchev–Trinajstić information content (AvgIpc) is 2.73. The van der Waals surface area contributed by atoms with Gasteiger partial charge in [0.1, 0.15) is 6.04 Å². The van der Waals surface area contributed by atoms with Gasteiger partial charge in [-0.2, -0.15) is 10.2 Å². The number of benzene rings is 2. The number of carboxylic acids is 1. The van der Waals surface area contributed by atoms with Gasteiger partial charge in [-0.05, 0) is 43.4 Å². The third-order valence-electron chi connectivity index (χ3n) is 4.83. The number of carbonyl (C=O) groups excluding carboxylic acids is 1. The number of likely N-dealkylation sites (N-methyl/N-ethyl adjacent to an activating group) is 1. The van der Waals surface area contributed by atoms with Crippen LogP contribution < -0.4 is 5.32 Å². The molecule has 0 unspecified atom stereocenters. The molecule has 1 heterocycles. The van der Waals surface area contributed by atoms with Crippen molar-refractivity contribution in [2.75, 3.05) is 38.5 Å². The molecule has 0 aromatic heterocycles. The van der Waals surface area contributed by atoms with Crippen LogP contribution in [-0.2, 0) is 9.59 Å². The Kier molecular flexibility index (Phi) is 7.04. The van der Waals surface area contributed by atoms with Gasteiger partial charge in [0, 0.05) is 31.9 Å². The Morgan fingerprint density at radius 1 is 0.966 bits per heavy atom. The molecular weight excluding hydrogens is 370 g/mol. The molecule has 0 bridgehead atoms. The molecule has 8 nitrogen and oxygen atoms in total. The van der Waals surface area contributed by atoms with Crippen molar-refractivity contribution in [3.05, 3.63) is 54.6 Å². The number of piperazine rings is 1. The number of rotatable bonds is 7. The van der Waals surface area contributed by atoms with Crippen LogP contribution in [0.1, 0.15) is 6.42 Å². The third kappa shape index (κ3) is 6.20. The van der Waals surface area contributed by atoms with E-state index < -0.39 is 12.0 Å². The molecule has 29 heavy (non-hydrogen) atoms. The first-order valence-corrected chi connectivity index (χ1v) is 9.53. The van der Waals surface area contributed by atoms with E-state index in [4.69, 9.17) is 0 Å². The summed E-state index contributed by atoms with van der Waals surface area (Å²) in [5.74, 6) is -1.30. The maximum Gasteiger partial charge on any atom is 0.321 e. The Bertz CT molecular complexity index is 846. The number of hydrogen-bond donors (Lipinski definition) is 2. The van der Waals surface area contributed by atoms with Crippen molar-refractivity contribution in [3.63, 3.8) is 0 Å². The molecule has 1 fully saturated rings. The number of nitrogens with one attached hydrogen (secondary N) is 1. The van der Waals surface area contributed by atoms with Gasteiger partial charge in [-0.25, -0.2) is 0 Å². The lowest BCUT2D eigenvalue weighted by Crippen LogP contribution is -2.52. The van der Waals surface area contributed by atoms with Crippen molar-refractivity contribution < 1.29 is 14.7 Å². The highest BCUT2D eigenvalue weighted by Crippen LogP contribution is 2.20. The first-order valence-electron chi connectivity index (χ1n) is 9.53. The average molecular weight is 395 g/mol. The minimum Gasteiger partial charge on any atom is -0.480 e. The van der Waals surface area contributed by atoms with Crippen molar-refractivity contribution in [2.24, 2.45) is 10.2 Å². The molecule has 1 amide bonds. The third-order valence-corrected chi connectivity index (χ3v) is 4.83. The van der Waals surface area contributed by atoms with Gasteiger partial charge in [-0.1, -0.05) is 18.2 Å². The van der Waals surface area contributed by atoms with Gasteiger partial charge in [0.05, 0.1) is 17.8 Å². The molecule has 1 atom stereocenters. The van der Waals surface area contributed by atoms with Gasteiger partial charge < -0.3 is 15.3 Å². The molecule has 0 radical (unpaired) electrons. The molecular formula is C21H25N5O3. The van der Waals surface area contributed by atoms with E-state index >= 15 is 0 Å². The normalized spacial score (nSPS) is 16.6. The maximum atomic E-state index is 12.4. The molecule has 1 saturated heterocycles. The van der Waals surface area contributed by atoms with E-state index in [1.54, 1.807) is 24.3 Å². The van der Waals surface area contributed by atoms with Gasteiger partial charge in [-0.3, -0.25) is 14.5 Å². The van der Waals surface area contributed by atoms with Gasteiger partial charge in [-0.15, -0.1) is 0 Å². The minimum absolute atomic E-state index is 0.0888. The number of aliphatic carboxylic acids is 1. The van der Waals surface area contributed by atoms with E-state index in [0.29, 0.717) is 24.5 Å². The summed E-state index contributed by atoms with van der Waals surface area (Å²) >= 11 is 0. The topological polar surface area (TPSA) is 97.6 Å². The van der Waals surface area contributed by atoms with Crippen molar-refractivity contribution in [3.8, 4) is 0 Å². The molecule has 2 aromatic carbocycles. The zero-order chi connectivity index (χ0) is 20.6. The van der Waals surface area contributed by atoms with Crippen LogP contribution in [0.3, 0.4) is 0 Å². The fourth-order valence-electron chi connectivity index (χ4n) is 3.12. The van der Waals surface area contributed by atoms with Crippen LogP contribution in [0.2, 0.25) is 0 Å². The van der Waals surface area contributed by atoms with Gasteiger partial charge >= 0.3 is 5.97 Å². The number of amides is 1. The second-order valence-corrected chi connectivity index (χ2v) is 7.03. The molecule has 3 rings (SSSR count). The van der Waals surface area contributed by atoms with Crippen LogP contribution in [0.5, 0.6) is 0 Å². The largest absolute Gasteiger partial charge is 0.480 e. The number of carbonyl (C=O) groups is 2. The highest BCUT2D eigenvalue weighted by atomic mass is 16.4. The molecule has 2 aromatic rings. The summed E-state index contributed by atoms with van der Waals surface area (Å²) in [6.07, 6.45) is -0.0888. The SMILES string of the molecule is CN1CCN([C@@H](CC(=O)Nc2ccc(N=Nc3ccccc3)cc2)C(=O)O)CC1. The summed E-state index contributed by atoms with van der Waals surface area (Å²) in [6, 6.07) is 15.5. The van der Waals surface area contributed by atoms with Crippen molar-refractivity contribution in [1.82, 2.24) is 9.80 Å². The Labute approximate surface area is 169 Å². The monoisotopic (exact) mass is 395 g/mol. The zero-order valence-electron chi connectivity index (χ0n) is 16.4. The van der Waals surface area contributed by atoms with Crippen LogP contribution in [0, 0.1) is 0 Å².